The van der Waals surface area contributed by atoms with Crippen LogP contribution in [-0.2, 0) is 11.3 Å². The molecule has 9 heteroatoms. The Morgan fingerprint density at radius 3 is 2.41 bits per heavy atom. The van der Waals surface area contributed by atoms with Crippen molar-refractivity contribution in [2.24, 2.45) is 0 Å². The maximum Gasteiger partial charge on any atom is 0.259 e. The summed E-state index contributed by atoms with van der Waals surface area (Å²) in [4.78, 5) is 30.7. The van der Waals surface area contributed by atoms with Crippen LogP contribution in [0.25, 0.3) is 0 Å². The number of nitrogens with one attached hydrogen (secondary N) is 1. The van der Waals surface area contributed by atoms with Gasteiger partial charge in [0.25, 0.3) is 11.8 Å². The number of hydrogen-bond acceptors (Lipinski definition) is 6. The number of carbonyl (C=O) groups is 2. The first-order valence-corrected chi connectivity index (χ1v) is 11.6. The van der Waals surface area contributed by atoms with E-state index in [0.29, 0.717) is 22.7 Å². The highest BCUT2D eigenvalue weighted by Gasteiger charge is 2.18. The van der Waals surface area contributed by atoms with Gasteiger partial charge in [0.05, 0.1) is 17.2 Å². The molecule has 1 aliphatic rings. The predicted molar refractivity (Wildman–Crippen MR) is 131 cm³/mol. The third-order valence-corrected chi connectivity index (χ3v) is 5.94. The number of amides is 2. The topological polar surface area (TPSA) is 88.9 Å². The Kier molecular flexibility index (Phi) is 9.28. The molecule has 0 spiro atoms. The minimum Gasteiger partial charge on any atom is -0.483 e. The van der Waals surface area contributed by atoms with Gasteiger partial charge in [0.2, 0.25) is 0 Å². The second-order valence-corrected chi connectivity index (χ2v) is 8.84. The zero-order chi connectivity index (χ0) is 24.5. The monoisotopic (exact) mass is 483 g/mol. The molecular weight excluding hydrogens is 454 g/mol. The van der Waals surface area contributed by atoms with Crippen molar-refractivity contribution in [3.8, 4) is 11.8 Å². The standard InChI is InChI=1S/C25H30ClN5O3/c1-29(2)24(32)18-34-23-15-21(26)7-8-22(23)25(33)28-9-10-30-11-13-31(14-12-30)17-20-5-3-19(16-27)4-6-20/h3-8,15H,9-14,17-18H2,1-2H3,(H,28,33). The summed E-state index contributed by atoms with van der Waals surface area (Å²) in [6.45, 7) is 5.70. The third-order valence-electron chi connectivity index (χ3n) is 5.71. The fourth-order valence-electron chi connectivity index (χ4n) is 3.61. The van der Waals surface area contributed by atoms with Crippen LogP contribution >= 0.6 is 11.6 Å². The number of piperazine rings is 1. The first-order valence-electron chi connectivity index (χ1n) is 11.2. The van der Waals surface area contributed by atoms with Crippen molar-refractivity contribution in [2.45, 2.75) is 6.54 Å². The van der Waals surface area contributed by atoms with Gasteiger partial charge in [-0.15, -0.1) is 0 Å². The zero-order valence-electron chi connectivity index (χ0n) is 19.6. The van der Waals surface area contributed by atoms with E-state index >= 15 is 0 Å². The van der Waals surface area contributed by atoms with Crippen LogP contribution in [0.2, 0.25) is 5.02 Å². The minimum absolute atomic E-state index is 0.166. The summed E-state index contributed by atoms with van der Waals surface area (Å²) in [6, 6.07) is 14.6. The van der Waals surface area contributed by atoms with Crippen LogP contribution in [0.3, 0.4) is 0 Å². The molecule has 2 aromatic rings. The van der Waals surface area contributed by atoms with Crippen molar-refractivity contribution >= 4 is 23.4 Å². The molecule has 0 unspecified atom stereocenters. The van der Waals surface area contributed by atoms with E-state index in [4.69, 9.17) is 21.6 Å². The quantitative estimate of drug-likeness (QED) is 0.588. The number of carbonyl (C=O) groups excluding carboxylic acids is 2. The first-order chi connectivity index (χ1) is 16.4. The summed E-state index contributed by atoms with van der Waals surface area (Å²) >= 11 is 6.05. The Labute approximate surface area is 205 Å². The average molecular weight is 484 g/mol. The number of likely N-dealkylation sites (N-methyl/N-ethyl adjacent to an activating group) is 1. The molecule has 0 radical (unpaired) electrons. The fourth-order valence-corrected chi connectivity index (χ4v) is 3.77. The SMILES string of the molecule is CN(C)C(=O)COc1cc(Cl)ccc1C(=O)NCCN1CCN(Cc2ccc(C#N)cc2)CC1. The molecule has 1 N–H and O–H groups in total. The van der Waals surface area contributed by atoms with Crippen molar-refractivity contribution in [1.82, 2.24) is 20.0 Å². The lowest BCUT2D eigenvalue weighted by molar-refractivity contribution is -0.130. The van der Waals surface area contributed by atoms with Gasteiger partial charge in [-0.3, -0.25) is 19.4 Å². The number of hydrogen-bond donors (Lipinski definition) is 1. The lowest BCUT2D eigenvalue weighted by Gasteiger charge is -2.34. The highest BCUT2D eigenvalue weighted by molar-refractivity contribution is 6.30. The molecule has 0 aromatic heterocycles. The summed E-state index contributed by atoms with van der Waals surface area (Å²) in [6.07, 6.45) is 0. The van der Waals surface area contributed by atoms with Gasteiger partial charge in [0, 0.05) is 64.9 Å². The molecule has 0 saturated carbocycles. The van der Waals surface area contributed by atoms with E-state index in [0.717, 1.165) is 39.3 Å². The second-order valence-electron chi connectivity index (χ2n) is 8.40. The molecule has 1 aliphatic heterocycles. The molecule has 34 heavy (non-hydrogen) atoms. The van der Waals surface area contributed by atoms with Crippen LogP contribution in [0.5, 0.6) is 5.75 Å². The Morgan fingerprint density at radius 1 is 1.09 bits per heavy atom. The molecule has 1 saturated heterocycles. The van der Waals surface area contributed by atoms with Crippen LogP contribution in [0.4, 0.5) is 0 Å². The molecule has 1 heterocycles. The Hall–Kier alpha value is -3.12. The highest BCUT2D eigenvalue weighted by atomic mass is 35.5. The predicted octanol–water partition coefficient (Wildman–Crippen LogP) is 2.23. The van der Waals surface area contributed by atoms with E-state index in [9.17, 15) is 9.59 Å². The van der Waals surface area contributed by atoms with Crippen LogP contribution < -0.4 is 10.1 Å². The Bertz CT molecular complexity index is 1030. The van der Waals surface area contributed by atoms with Crippen LogP contribution in [0, 0.1) is 11.3 Å². The Balaban J connectivity index is 1.43. The molecule has 0 aliphatic carbocycles. The summed E-state index contributed by atoms with van der Waals surface area (Å²) in [5.41, 5.74) is 2.23. The van der Waals surface area contributed by atoms with Crippen molar-refractivity contribution in [1.29, 1.82) is 5.26 Å². The molecule has 3 rings (SSSR count). The van der Waals surface area contributed by atoms with Gasteiger partial charge >= 0.3 is 0 Å². The normalized spacial score (nSPS) is 14.3. The number of benzene rings is 2. The number of halogens is 1. The lowest BCUT2D eigenvalue weighted by Crippen LogP contribution is -2.48. The Morgan fingerprint density at radius 2 is 1.76 bits per heavy atom. The van der Waals surface area contributed by atoms with E-state index in [1.807, 2.05) is 24.3 Å². The number of nitriles is 1. The smallest absolute Gasteiger partial charge is 0.259 e. The van der Waals surface area contributed by atoms with Crippen molar-refractivity contribution in [2.75, 3.05) is 60.0 Å². The highest BCUT2D eigenvalue weighted by Crippen LogP contribution is 2.23. The maximum atomic E-state index is 12.7. The zero-order valence-corrected chi connectivity index (χ0v) is 20.3. The molecule has 0 atom stereocenters. The molecule has 8 nitrogen and oxygen atoms in total. The van der Waals surface area contributed by atoms with Gasteiger partial charge < -0.3 is 15.0 Å². The molecule has 2 aromatic carbocycles. The average Bonchev–Trinajstić information content (AvgIpc) is 2.84. The van der Waals surface area contributed by atoms with Gasteiger partial charge in [0.15, 0.2) is 6.61 Å². The van der Waals surface area contributed by atoms with Gasteiger partial charge in [0.1, 0.15) is 5.75 Å². The largest absolute Gasteiger partial charge is 0.483 e. The number of nitrogens with zero attached hydrogens (tertiary/aromatic N) is 4. The number of ether oxygens (including phenoxy) is 1. The van der Waals surface area contributed by atoms with Crippen LogP contribution in [-0.4, -0.2) is 86.5 Å². The minimum atomic E-state index is -0.261. The van der Waals surface area contributed by atoms with Crippen molar-refractivity contribution in [3.05, 3.63) is 64.2 Å². The van der Waals surface area contributed by atoms with Crippen LogP contribution in [0.1, 0.15) is 21.5 Å². The van der Waals surface area contributed by atoms with Gasteiger partial charge in [-0.25, -0.2) is 0 Å². The second kappa shape index (κ2) is 12.4. The van der Waals surface area contributed by atoms with E-state index in [-0.39, 0.29) is 24.2 Å². The van der Waals surface area contributed by atoms with Gasteiger partial charge in [-0.1, -0.05) is 23.7 Å². The molecule has 180 valence electrons. The van der Waals surface area contributed by atoms with E-state index in [1.54, 1.807) is 32.3 Å². The molecular formula is C25H30ClN5O3. The van der Waals surface area contributed by atoms with Crippen molar-refractivity contribution < 1.29 is 14.3 Å². The fraction of sp³-hybridized carbons (Fsp3) is 0.400. The maximum absolute atomic E-state index is 12.7. The molecule has 0 bridgehead atoms. The summed E-state index contributed by atoms with van der Waals surface area (Å²) < 4.78 is 5.56. The summed E-state index contributed by atoms with van der Waals surface area (Å²) in [7, 11) is 3.29. The van der Waals surface area contributed by atoms with E-state index < -0.39 is 0 Å². The summed E-state index contributed by atoms with van der Waals surface area (Å²) in [5, 5.41) is 12.3. The van der Waals surface area contributed by atoms with E-state index in [2.05, 4.69) is 21.2 Å². The number of rotatable bonds is 9. The van der Waals surface area contributed by atoms with Crippen LogP contribution in [0.15, 0.2) is 42.5 Å². The third kappa shape index (κ3) is 7.45. The summed E-state index contributed by atoms with van der Waals surface area (Å²) in [5.74, 6) is -0.176. The van der Waals surface area contributed by atoms with E-state index in [1.165, 1.54) is 10.5 Å². The van der Waals surface area contributed by atoms with Gasteiger partial charge in [-0.2, -0.15) is 5.26 Å². The van der Waals surface area contributed by atoms with Gasteiger partial charge in [-0.05, 0) is 35.9 Å². The first kappa shape index (κ1) is 25.5. The lowest BCUT2D eigenvalue weighted by atomic mass is 10.1. The molecule has 1 fully saturated rings. The molecule has 2 amide bonds. The van der Waals surface area contributed by atoms with Crippen molar-refractivity contribution in [3.63, 3.8) is 0 Å².